The summed E-state index contributed by atoms with van der Waals surface area (Å²) in [6, 6.07) is 8.30. The maximum absolute atomic E-state index is 12.4. The van der Waals surface area contributed by atoms with E-state index in [0.717, 1.165) is 22.5 Å². The Labute approximate surface area is 124 Å². The number of carbonyl (C=O) groups excluding carboxylic acids is 1. The topological polar surface area (TPSA) is 54.0 Å². The molecule has 2 N–H and O–H groups in total. The largest absolute Gasteiger partial charge is 0.381 e. The molecule has 1 aromatic carbocycles. The summed E-state index contributed by atoms with van der Waals surface area (Å²) >= 11 is 0. The van der Waals surface area contributed by atoms with Crippen molar-refractivity contribution in [1.29, 1.82) is 0 Å². The fourth-order valence-corrected chi connectivity index (χ4v) is 2.19. The van der Waals surface area contributed by atoms with E-state index in [9.17, 15) is 4.79 Å². The smallest absolute Gasteiger partial charge is 0.257 e. The molecule has 0 unspecified atom stereocenters. The third-order valence-corrected chi connectivity index (χ3v) is 3.80. The van der Waals surface area contributed by atoms with Gasteiger partial charge in [0.05, 0.1) is 11.3 Å². The molecule has 1 fully saturated rings. The molecule has 1 aliphatic carbocycles. The van der Waals surface area contributed by atoms with Gasteiger partial charge >= 0.3 is 0 Å². The lowest BCUT2D eigenvalue weighted by Crippen LogP contribution is -2.14. The molecule has 4 nitrogen and oxygen atoms in total. The molecule has 0 aliphatic heterocycles. The zero-order valence-corrected chi connectivity index (χ0v) is 12.3. The standard InChI is InChI=1S/C17H19N3O/c1-11-4-3-5-16(12(11)2)20-17(21)13-8-15(10-18-9-13)19-14-6-7-14/h3-5,8-10,14,19H,6-7H2,1-2H3,(H,20,21). The zero-order chi connectivity index (χ0) is 14.8. The summed E-state index contributed by atoms with van der Waals surface area (Å²) in [5.41, 5.74) is 4.58. The molecule has 0 spiro atoms. The van der Waals surface area contributed by atoms with E-state index < -0.39 is 0 Å². The molecule has 1 aromatic heterocycles. The van der Waals surface area contributed by atoms with Crippen LogP contribution in [0.3, 0.4) is 0 Å². The minimum atomic E-state index is -0.129. The van der Waals surface area contributed by atoms with Crippen molar-refractivity contribution in [2.24, 2.45) is 0 Å². The highest BCUT2D eigenvalue weighted by Crippen LogP contribution is 2.25. The van der Waals surface area contributed by atoms with Gasteiger partial charge in [0.15, 0.2) is 0 Å². The number of benzene rings is 1. The molecule has 4 heteroatoms. The van der Waals surface area contributed by atoms with Crippen LogP contribution in [0.5, 0.6) is 0 Å². The molecule has 21 heavy (non-hydrogen) atoms. The van der Waals surface area contributed by atoms with Gasteiger partial charge in [-0.25, -0.2) is 0 Å². The molecule has 3 rings (SSSR count). The maximum atomic E-state index is 12.4. The summed E-state index contributed by atoms with van der Waals surface area (Å²) in [6.07, 6.45) is 5.74. The van der Waals surface area contributed by atoms with E-state index in [4.69, 9.17) is 0 Å². The van der Waals surface area contributed by atoms with E-state index >= 15 is 0 Å². The molecule has 0 saturated heterocycles. The number of amides is 1. The summed E-state index contributed by atoms with van der Waals surface area (Å²) in [4.78, 5) is 16.5. The predicted molar refractivity (Wildman–Crippen MR) is 84.8 cm³/mol. The second-order valence-electron chi connectivity index (χ2n) is 5.58. The molecule has 1 heterocycles. The first-order valence-corrected chi connectivity index (χ1v) is 7.22. The Morgan fingerprint density at radius 2 is 2.05 bits per heavy atom. The first-order chi connectivity index (χ1) is 10.1. The highest BCUT2D eigenvalue weighted by atomic mass is 16.1. The molecule has 2 aromatic rings. The molecule has 0 bridgehead atoms. The van der Waals surface area contributed by atoms with Crippen molar-refractivity contribution in [3.8, 4) is 0 Å². The first kappa shape index (κ1) is 13.6. The van der Waals surface area contributed by atoms with Crippen molar-refractivity contribution in [2.75, 3.05) is 10.6 Å². The number of carbonyl (C=O) groups is 1. The first-order valence-electron chi connectivity index (χ1n) is 7.22. The fraction of sp³-hybridized carbons (Fsp3) is 0.294. The van der Waals surface area contributed by atoms with Gasteiger partial charge in [-0.15, -0.1) is 0 Å². The van der Waals surface area contributed by atoms with Crippen molar-refractivity contribution in [1.82, 2.24) is 4.98 Å². The summed E-state index contributed by atoms with van der Waals surface area (Å²) in [5.74, 6) is -0.129. The predicted octanol–water partition coefficient (Wildman–Crippen LogP) is 3.53. The van der Waals surface area contributed by atoms with Crippen LogP contribution in [0.15, 0.2) is 36.7 Å². The number of aromatic nitrogens is 1. The summed E-state index contributed by atoms with van der Waals surface area (Å²) in [5, 5.41) is 6.31. The number of nitrogens with one attached hydrogen (secondary N) is 2. The van der Waals surface area contributed by atoms with E-state index in [1.54, 1.807) is 12.4 Å². The number of rotatable bonds is 4. The van der Waals surface area contributed by atoms with Crippen molar-refractivity contribution in [3.63, 3.8) is 0 Å². The van der Waals surface area contributed by atoms with Crippen LogP contribution in [0.2, 0.25) is 0 Å². The zero-order valence-electron chi connectivity index (χ0n) is 12.3. The van der Waals surface area contributed by atoms with E-state index in [1.165, 1.54) is 12.8 Å². The Balaban J connectivity index is 1.76. The second-order valence-corrected chi connectivity index (χ2v) is 5.58. The average Bonchev–Trinajstić information content (AvgIpc) is 3.28. The molecular weight excluding hydrogens is 262 g/mol. The Kier molecular flexibility index (Phi) is 3.60. The molecule has 1 saturated carbocycles. The lowest BCUT2D eigenvalue weighted by atomic mass is 10.1. The van der Waals surface area contributed by atoms with Gasteiger partial charge in [0.1, 0.15) is 0 Å². The summed E-state index contributed by atoms with van der Waals surface area (Å²) in [7, 11) is 0. The minimum Gasteiger partial charge on any atom is -0.381 e. The van der Waals surface area contributed by atoms with Crippen LogP contribution >= 0.6 is 0 Å². The average molecular weight is 281 g/mol. The Morgan fingerprint density at radius 3 is 2.81 bits per heavy atom. The molecule has 0 radical (unpaired) electrons. The minimum absolute atomic E-state index is 0.129. The van der Waals surface area contributed by atoms with Gasteiger partial charge in [-0.3, -0.25) is 9.78 Å². The van der Waals surface area contributed by atoms with Crippen molar-refractivity contribution in [2.45, 2.75) is 32.7 Å². The van der Waals surface area contributed by atoms with Gasteiger partial charge < -0.3 is 10.6 Å². The van der Waals surface area contributed by atoms with Crippen LogP contribution < -0.4 is 10.6 Å². The Hall–Kier alpha value is -2.36. The van der Waals surface area contributed by atoms with Gasteiger partial charge in [-0.1, -0.05) is 12.1 Å². The van der Waals surface area contributed by atoms with Gasteiger partial charge in [0.25, 0.3) is 5.91 Å². The van der Waals surface area contributed by atoms with Gasteiger partial charge in [-0.2, -0.15) is 0 Å². The number of aryl methyl sites for hydroxylation is 1. The quantitative estimate of drug-likeness (QED) is 0.901. The van der Waals surface area contributed by atoms with Crippen LogP contribution in [0.25, 0.3) is 0 Å². The highest BCUT2D eigenvalue weighted by Gasteiger charge is 2.21. The van der Waals surface area contributed by atoms with Crippen molar-refractivity contribution in [3.05, 3.63) is 53.3 Å². The SMILES string of the molecule is Cc1cccc(NC(=O)c2cncc(NC3CC3)c2)c1C. The lowest BCUT2D eigenvalue weighted by Gasteiger charge is -2.11. The number of hydrogen-bond acceptors (Lipinski definition) is 3. The van der Waals surface area contributed by atoms with Gasteiger partial charge in [0, 0.05) is 24.1 Å². The van der Waals surface area contributed by atoms with Crippen LogP contribution in [0.4, 0.5) is 11.4 Å². The van der Waals surface area contributed by atoms with E-state index in [2.05, 4.69) is 15.6 Å². The molecule has 1 amide bonds. The van der Waals surface area contributed by atoms with E-state index in [0.29, 0.717) is 11.6 Å². The Morgan fingerprint density at radius 1 is 1.24 bits per heavy atom. The van der Waals surface area contributed by atoms with E-state index in [-0.39, 0.29) is 5.91 Å². The Bertz CT molecular complexity index is 677. The number of anilines is 2. The lowest BCUT2D eigenvalue weighted by molar-refractivity contribution is 0.102. The van der Waals surface area contributed by atoms with Crippen LogP contribution in [0, 0.1) is 13.8 Å². The summed E-state index contributed by atoms with van der Waals surface area (Å²) in [6.45, 7) is 4.04. The number of pyridine rings is 1. The molecular formula is C17H19N3O. The van der Waals surface area contributed by atoms with E-state index in [1.807, 2.05) is 38.1 Å². The monoisotopic (exact) mass is 281 g/mol. The third kappa shape index (κ3) is 3.21. The number of hydrogen-bond donors (Lipinski definition) is 2. The van der Waals surface area contributed by atoms with Crippen LogP contribution in [-0.4, -0.2) is 16.9 Å². The van der Waals surface area contributed by atoms with Gasteiger partial charge in [-0.05, 0) is 49.9 Å². The fourth-order valence-electron chi connectivity index (χ4n) is 2.19. The maximum Gasteiger partial charge on any atom is 0.257 e. The van der Waals surface area contributed by atoms with Crippen molar-refractivity contribution >= 4 is 17.3 Å². The third-order valence-electron chi connectivity index (χ3n) is 3.80. The van der Waals surface area contributed by atoms with Crippen LogP contribution in [0.1, 0.15) is 34.3 Å². The summed E-state index contributed by atoms with van der Waals surface area (Å²) < 4.78 is 0. The van der Waals surface area contributed by atoms with Crippen molar-refractivity contribution < 1.29 is 4.79 Å². The molecule has 1 aliphatic rings. The highest BCUT2D eigenvalue weighted by molar-refractivity contribution is 6.05. The number of nitrogens with zero attached hydrogens (tertiary/aromatic N) is 1. The van der Waals surface area contributed by atoms with Gasteiger partial charge in [0.2, 0.25) is 0 Å². The normalized spacial score (nSPS) is 13.8. The second kappa shape index (κ2) is 5.56. The molecule has 0 atom stereocenters. The molecule has 108 valence electrons. The van der Waals surface area contributed by atoms with Crippen LogP contribution in [-0.2, 0) is 0 Å².